The minimum atomic E-state index is -1.40. The number of allylic oxidation sites excluding steroid dienone is 1. The topological polar surface area (TPSA) is 182 Å². The Kier molecular flexibility index (Phi) is 23.4. The summed E-state index contributed by atoms with van der Waals surface area (Å²) >= 11 is 0. The zero-order valence-corrected chi connectivity index (χ0v) is 43.6. The van der Waals surface area contributed by atoms with Crippen molar-refractivity contribution >= 4 is 23.4 Å². The minimum absolute atomic E-state index is 0.00233. The van der Waals surface area contributed by atoms with Crippen molar-refractivity contribution in [3.8, 4) is 11.5 Å². The standard InChI is InChI=1S/C58H86N4O10/c1-4-7-8-9-10-11-12-13-14-19-34-59-57(66)71-47-31-32-52-50(40-47)55-48(25-18-21-37-64)45(24-17-20-36-63)39-49-51(60-70-42-44-26-29-46(30-27-44)62(67)68)41-53(58(72-52,56(49)55)69-38-6-3)61(35-5-2)54(65)33-28-43-22-15-16-23-43/h6,26-27,29-32,39-40,43,45,48,53,55-56,63-64H,3-5,7-25,28,33-38,41-42H2,1-2H3,(H,59,66). The largest absolute Gasteiger partial charge is 0.459 e. The molecule has 14 heteroatoms. The third-order valence-corrected chi connectivity index (χ3v) is 15.6. The molecule has 6 rings (SSSR count). The third kappa shape index (κ3) is 15.4. The summed E-state index contributed by atoms with van der Waals surface area (Å²) in [5.74, 6) is -0.627. The molecule has 14 nitrogen and oxygen atoms in total. The summed E-state index contributed by atoms with van der Waals surface area (Å²) in [4.78, 5) is 47.5. The van der Waals surface area contributed by atoms with Crippen LogP contribution < -0.4 is 14.8 Å². The van der Waals surface area contributed by atoms with Gasteiger partial charge in [-0.15, -0.1) is 6.58 Å². The molecular formula is C58H86N4O10. The molecule has 2 amide bonds. The van der Waals surface area contributed by atoms with Crippen molar-refractivity contribution in [1.82, 2.24) is 10.2 Å². The van der Waals surface area contributed by atoms with Gasteiger partial charge in [0.15, 0.2) is 0 Å². The van der Waals surface area contributed by atoms with Crippen LogP contribution in [0.5, 0.6) is 11.5 Å². The quantitative estimate of drug-likeness (QED) is 0.0269. The SMILES string of the molecule is C=CCOC12Oc3ccc(OC(=O)NCCCCCCCCCCCC)cc3C3C(CCCCO)C(CCCCO)C=C(C(=NOCc4ccc([N+](=O)[O-])cc4)CC1N(CCC)C(=O)CCC1CCCC1)C32. The second-order valence-electron chi connectivity index (χ2n) is 20.7. The number of carbonyl (C=O) groups excluding carboxylic acids is 2. The third-order valence-electron chi connectivity index (χ3n) is 15.6. The Hall–Kier alpha value is -4.79. The summed E-state index contributed by atoms with van der Waals surface area (Å²) in [5, 5.41) is 39.4. The number of hydrogen-bond acceptors (Lipinski definition) is 11. The molecule has 0 saturated heterocycles. The van der Waals surface area contributed by atoms with E-state index >= 15 is 0 Å². The Bertz CT molecular complexity index is 2070. The molecular weight excluding hydrogens is 913 g/mol. The summed E-state index contributed by atoms with van der Waals surface area (Å²) in [6.07, 6.45) is 26.8. The van der Waals surface area contributed by atoms with Gasteiger partial charge in [0.05, 0.1) is 23.2 Å². The lowest BCUT2D eigenvalue weighted by Crippen LogP contribution is -2.70. The van der Waals surface area contributed by atoms with Crippen LogP contribution in [0.25, 0.3) is 0 Å². The first-order valence-corrected chi connectivity index (χ1v) is 27.9. The summed E-state index contributed by atoms with van der Waals surface area (Å²) in [7, 11) is 0. The minimum Gasteiger partial charge on any atom is -0.459 e. The molecule has 1 aliphatic heterocycles. The lowest BCUT2D eigenvalue weighted by atomic mass is 9.55. The first-order chi connectivity index (χ1) is 35.2. The van der Waals surface area contributed by atoms with E-state index in [9.17, 15) is 29.9 Å². The van der Waals surface area contributed by atoms with Crippen molar-refractivity contribution in [2.75, 3.05) is 32.9 Å². The Morgan fingerprint density at radius 3 is 2.26 bits per heavy atom. The predicted molar refractivity (Wildman–Crippen MR) is 282 cm³/mol. The Balaban J connectivity index is 1.39. The summed E-state index contributed by atoms with van der Waals surface area (Å²) < 4.78 is 20.6. The molecule has 4 aliphatic rings. The van der Waals surface area contributed by atoms with Crippen LogP contribution in [0.3, 0.4) is 0 Å². The maximum absolute atomic E-state index is 14.9. The van der Waals surface area contributed by atoms with E-state index in [0.29, 0.717) is 67.5 Å². The molecule has 6 atom stereocenters. The molecule has 0 bridgehead atoms. The van der Waals surface area contributed by atoms with Crippen LogP contribution in [0.15, 0.2) is 71.9 Å². The van der Waals surface area contributed by atoms with Crippen LogP contribution in [0.1, 0.15) is 185 Å². The summed E-state index contributed by atoms with van der Waals surface area (Å²) in [5.41, 5.74) is 3.14. The normalized spacial score (nSPS) is 22.9. The van der Waals surface area contributed by atoms with Gasteiger partial charge >= 0.3 is 6.09 Å². The van der Waals surface area contributed by atoms with Crippen molar-refractivity contribution in [2.45, 2.75) is 192 Å². The molecule has 6 unspecified atom stereocenters. The second kappa shape index (κ2) is 29.8. The van der Waals surface area contributed by atoms with Crippen LogP contribution in [-0.2, 0) is 21.0 Å². The second-order valence-corrected chi connectivity index (χ2v) is 20.7. The number of nitro groups is 1. The number of oxime groups is 1. The Morgan fingerprint density at radius 1 is 0.903 bits per heavy atom. The molecule has 2 saturated carbocycles. The number of non-ortho nitro benzene ring substituents is 1. The van der Waals surface area contributed by atoms with Crippen molar-refractivity contribution < 1.29 is 43.8 Å². The number of rotatable bonds is 33. The van der Waals surface area contributed by atoms with E-state index in [4.69, 9.17) is 24.2 Å². The van der Waals surface area contributed by atoms with Crippen molar-refractivity contribution in [3.05, 3.63) is 88.0 Å². The fourth-order valence-electron chi connectivity index (χ4n) is 12.0. The Labute approximate surface area is 429 Å². The number of amides is 2. The zero-order chi connectivity index (χ0) is 51.1. The molecule has 2 fully saturated rings. The van der Waals surface area contributed by atoms with E-state index in [2.05, 4.69) is 31.8 Å². The van der Waals surface area contributed by atoms with Crippen LogP contribution in [0.4, 0.5) is 10.5 Å². The van der Waals surface area contributed by atoms with Gasteiger partial charge in [0.25, 0.3) is 5.69 Å². The summed E-state index contributed by atoms with van der Waals surface area (Å²) in [6.45, 7) is 9.74. The fourth-order valence-corrected chi connectivity index (χ4v) is 12.0. The highest BCUT2D eigenvalue weighted by molar-refractivity contribution is 6.03. The molecule has 398 valence electrons. The molecule has 72 heavy (non-hydrogen) atoms. The average molecular weight is 999 g/mol. The number of fused-ring (bicyclic) bond motifs is 2. The number of unbranched alkanes of at least 4 members (excludes halogenated alkanes) is 11. The number of nitrogens with zero attached hydrogens (tertiary/aromatic N) is 3. The van der Waals surface area contributed by atoms with Gasteiger partial charge in [-0.25, -0.2) is 4.79 Å². The molecule has 3 aliphatic carbocycles. The molecule has 0 aromatic heterocycles. The van der Waals surface area contributed by atoms with Gasteiger partial charge in [0.1, 0.15) is 24.1 Å². The molecule has 2 aromatic carbocycles. The maximum Gasteiger partial charge on any atom is 0.412 e. The van der Waals surface area contributed by atoms with Crippen LogP contribution in [0.2, 0.25) is 0 Å². The lowest BCUT2D eigenvalue weighted by Gasteiger charge is -2.60. The van der Waals surface area contributed by atoms with Crippen molar-refractivity contribution in [2.24, 2.45) is 28.8 Å². The molecule has 0 spiro atoms. The van der Waals surface area contributed by atoms with Crippen LogP contribution in [-0.4, -0.2) is 82.5 Å². The lowest BCUT2D eigenvalue weighted by molar-refractivity contribution is -0.384. The maximum atomic E-state index is 14.9. The van der Waals surface area contributed by atoms with Gasteiger partial charge in [0.2, 0.25) is 11.7 Å². The number of aliphatic hydroxyl groups is 2. The highest BCUT2D eigenvalue weighted by Crippen LogP contribution is 2.62. The molecule has 0 radical (unpaired) electrons. The van der Waals surface area contributed by atoms with Gasteiger partial charge < -0.3 is 39.5 Å². The van der Waals surface area contributed by atoms with Gasteiger partial charge in [0, 0.05) is 62.8 Å². The average Bonchev–Trinajstić information content (AvgIpc) is 3.91. The number of nitro benzene ring substituents is 1. The van der Waals surface area contributed by atoms with Crippen LogP contribution >= 0.6 is 0 Å². The van der Waals surface area contributed by atoms with Gasteiger partial charge in [-0.1, -0.05) is 127 Å². The van der Waals surface area contributed by atoms with Gasteiger partial charge in [-0.2, -0.15) is 0 Å². The number of benzene rings is 2. The summed E-state index contributed by atoms with van der Waals surface area (Å²) in [6, 6.07) is 11.2. The molecule has 1 heterocycles. The number of hydrogen-bond donors (Lipinski definition) is 3. The highest BCUT2D eigenvalue weighted by Gasteiger charge is 2.65. The highest BCUT2D eigenvalue weighted by atomic mass is 16.7. The monoisotopic (exact) mass is 999 g/mol. The predicted octanol–water partition coefficient (Wildman–Crippen LogP) is 12.6. The van der Waals surface area contributed by atoms with Gasteiger partial charge in [-0.05, 0) is 104 Å². The molecule has 3 N–H and O–H groups in total. The van der Waals surface area contributed by atoms with Crippen LogP contribution in [0, 0.1) is 33.8 Å². The zero-order valence-electron chi connectivity index (χ0n) is 43.6. The first-order valence-electron chi connectivity index (χ1n) is 27.9. The van der Waals surface area contributed by atoms with E-state index in [1.165, 1.54) is 69.9 Å². The smallest absolute Gasteiger partial charge is 0.412 e. The van der Waals surface area contributed by atoms with E-state index in [-0.39, 0.29) is 62.2 Å². The van der Waals surface area contributed by atoms with E-state index in [1.54, 1.807) is 24.3 Å². The van der Waals surface area contributed by atoms with Crippen molar-refractivity contribution in [3.63, 3.8) is 0 Å². The van der Waals surface area contributed by atoms with E-state index in [0.717, 1.165) is 75.3 Å². The number of nitrogens with one attached hydrogen (secondary N) is 1. The number of aliphatic hydroxyl groups excluding tert-OH is 2. The van der Waals surface area contributed by atoms with E-state index < -0.39 is 28.8 Å². The van der Waals surface area contributed by atoms with Gasteiger partial charge in [-0.3, -0.25) is 14.9 Å². The fraction of sp³-hybridized carbons (Fsp3) is 0.672. The first kappa shape index (κ1) is 56.5. The number of ether oxygens (including phenoxy) is 3. The Morgan fingerprint density at radius 2 is 1.60 bits per heavy atom. The molecule has 2 aromatic rings. The van der Waals surface area contributed by atoms with Crippen molar-refractivity contribution in [1.29, 1.82) is 0 Å². The van der Waals surface area contributed by atoms with E-state index in [1.807, 2.05) is 17.0 Å². The number of carbonyl (C=O) groups is 2.